The van der Waals surface area contributed by atoms with E-state index in [1.165, 1.54) is 0 Å². The molecule has 2 heterocycles. The average molecular weight is 344 g/mol. The molecule has 0 unspecified atom stereocenters. The van der Waals surface area contributed by atoms with Gasteiger partial charge in [-0.2, -0.15) is 0 Å². The third kappa shape index (κ3) is 2.21. The first-order valence-corrected chi connectivity index (χ1v) is 8.77. The molecular weight excluding hydrogens is 330 g/mol. The predicted octanol–water partition coefficient (Wildman–Crippen LogP) is 1.91. The number of rotatable bonds is 1. The van der Waals surface area contributed by atoms with E-state index in [1.54, 1.807) is 4.90 Å². The van der Waals surface area contributed by atoms with Crippen LogP contribution in [0.5, 0.6) is 0 Å². The molecule has 1 amide bonds. The van der Waals surface area contributed by atoms with Crippen molar-refractivity contribution in [2.75, 3.05) is 16.4 Å². The molecule has 0 bridgehead atoms. The zero-order valence-corrected chi connectivity index (χ0v) is 12.9. The quantitative estimate of drug-likeness (QED) is 0.782. The predicted molar refractivity (Wildman–Crippen MR) is 76.9 cm³/mol. The number of amides is 1. The van der Waals surface area contributed by atoms with Crippen LogP contribution in [-0.4, -0.2) is 31.9 Å². The Labute approximate surface area is 120 Å². The van der Waals surface area contributed by atoms with E-state index in [2.05, 4.69) is 15.9 Å². The lowest BCUT2D eigenvalue weighted by Crippen LogP contribution is -2.36. The van der Waals surface area contributed by atoms with E-state index in [1.807, 2.05) is 25.1 Å². The summed E-state index contributed by atoms with van der Waals surface area (Å²) in [6.45, 7) is 1.96. The van der Waals surface area contributed by atoms with E-state index in [-0.39, 0.29) is 29.4 Å². The van der Waals surface area contributed by atoms with E-state index >= 15 is 0 Å². The summed E-state index contributed by atoms with van der Waals surface area (Å²) in [5.41, 5.74) is 1.84. The van der Waals surface area contributed by atoms with Crippen LogP contribution in [0.3, 0.4) is 0 Å². The summed E-state index contributed by atoms with van der Waals surface area (Å²) in [7, 11) is -2.99. The topological polar surface area (TPSA) is 54.5 Å². The van der Waals surface area contributed by atoms with Gasteiger partial charge in [0.05, 0.1) is 17.5 Å². The van der Waals surface area contributed by atoms with Gasteiger partial charge in [-0.05, 0) is 30.7 Å². The van der Waals surface area contributed by atoms with Crippen LogP contribution < -0.4 is 4.90 Å². The van der Waals surface area contributed by atoms with Crippen LogP contribution in [0.25, 0.3) is 0 Å². The lowest BCUT2D eigenvalue weighted by Gasteiger charge is -2.23. The Morgan fingerprint density at radius 2 is 2.05 bits per heavy atom. The Bertz CT molecular complexity index is 656. The van der Waals surface area contributed by atoms with Crippen LogP contribution in [0.1, 0.15) is 12.0 Å². The van der Waals surface area contributed by atoms with Gasteiger partial charge < -0.3 is 4.90 Å². The second kappa shape index (κ2) is 4.31. The highest BCUT2D eigenvalue weighted by Crippen LogP contribution is 2.37. The summed E-state index contributed by atoms with van der Waals surface area (Å²) in [4.78, 5) is 13.8. The molecule has 2 atom stereocenters. The summed E-state index contributed by atoms with van der Waals surface area (Å²) in [5, 5.41) is 0. The molecule has 2 aliphatic heterocycles. The number of anilines is 1. The van der Waals surface area contributed by atoms with Gasteiger partial charge in [-0.1, -0.05) is 15.9 Å². The van der Waals surface area contributed by atoms with E-state index in [0.717, 1.165) is 15.7 Å². The smallest absolute Gasteiger partial charge is 0.227 e. The van der Waals surface area contributed by atoms with Gasteiger partial charge in [-0.25, -0.2) is 8.42 Å². The van der Waals surface area contributed by atoms with Gasteiger partial charge >= 0.3 is 0 Å². The fraction of sp³-hybridized carbons (Fsp3) is 0.462. The third-order valence-electron chi connectivity index (χ3n) is 3.89. The molecule has 0 aliphatic carbocycles. The van der Waals surface area contributed by atoms with Crippen molar-refractivity contribution < 1.29 is 13.2 Å². The highest BCUT2D eigenvalue weighted by molar-refractivity contribution is 9.10. The molecule has 19 heavy (non-hydrogen) atoms. The Kier molecular flexibility index (Phi) is 2.98. The molecule has 3 rings (SSSR count). The summed E-state index contributed by atoms with van der Waals surface area (Å²) >= 11 is 3.43. The van der Waals surface area contributed by atoms with Crippen molar-refractivity contribution in [1.29, 1.82) is 0 Å². The standard InChI is InChI=1S/C13H14BrNO3S/c1-8-4-10(2-3-11(8)14)15-12-7-19(17,18)6-9(12)5-13(15)16/h2-4,9,12H,5-7H2,1H3/t9-,12+/m0/s1. The van der Waals surface area contributed by atoms with E-state index in [9.17, 15) is 13.2 Å². The fourth-order valence-electron chi connectivity index (χ4n) is 3.00. The van der Waals surface area contributed by atoms with Crippen LogP contribution in [0.4, 0.5) is 5.69 Å². The Hall–Kier alpha value is -0.880. The summed E-state index contributed by atoms with van der Waals surface area (Å²) in [6, 6.07) is 5.50. The lowest BCUT2D eigenvalue weighted by atomic mass is 10.0. The Balaban J connectivity index is 1.99. The number of sulfone groups is 1. The number of halogens is 1. The van der Waals surface area contributed by atoms with Gasteiger partial charge in [-0.15, -0.1) is 0 Å². The normalized spacial score (nSPS) is 28.7. The van der Waals surface area contributed by atoms with Crippen LogP contribution >= 0.6 is 15.9 Å². The van der Waals surface area contributed by atoms with Crippen molar-refractivity contribution in [3.8, 4) is 0 Å². The van der Waals surface area contributed by atoms with Gasteiger partial charge in [0, 0.05) is 22.5 Å². The van der Waals surface area contributed by atoms with Gasteiger partial charge in [0.25, 0.3) is 0 Å². The molecule has 0 saturated carbocycles. The highest BCUT2D eigenvalue weighted by Gasteiger charge is 2.49. The van der Waals surface area contributed by atoms with Gasteiger partial charge in [0.2, 0.25) is 5.91 Å². The molecule has 0 N–H and O–H groups in total. The molecular formula is C13H14BrNO3S. The maximum atomic E-state index is 12.1. The summed E-state index contributed by atoms with van der Waals surface area (Å²) in [5.74, 6) is 0.238. The first-order valence-electron chi connectivity index (χ1n) is 6.16. The molecule has 102 valence electrons. The highest BCUT2D eigenvalue weighted by atomic mass is 79.9. The monoisotopic (exact) mass is 343 g/mol. The molecule has 1 aromatic rings. The minimum Gasteiger partial charge on any atom is -0.308 e. The average Bonchev–Trinajstić information content (AvgIpc) is 2.73. The molecule has 0 aromatic heterocycles. The van der Waals surface area contributed by atoms with Crippen LogP contribution in [0.2, 0.25) is 0 Å². The molecule has 2 fully saturated rings. The SMILES string of the molecule is Cc1cc(N2C(=O)C[C@H]3CS(=O)(=O)C[C@H]32)ccc1Br. The maximum absolute atomic E-state index is 12.1. The number of benzene rings is 1. The van der Waals surface area contributed by atoms with Crippen molar-refractivity contribution >= 4 is 37.4 Å². The molecule has 4 nitrogen and oxygen atoms in total. The zero-order chi connectivity index (χ0) is 13.8. The van der Waals surface area contributed by atoms with Crippen LogP contribution in [0, 0.1) is 12.8 Å². The maximum Gasteiger partial charge on any atom is 0.227 e. The number of aryl methyl sites for hydroxylation is 1. The zero-order valence-electron chi connectivity index (χ0n) is 10.5. The van der Waals surface area contributed by atoms with Crippen molar-refractivity contribution in [2.45, 2.75) is 19.4 Å². The van der Waals surface area contributed by atoms with E-state index in [0.29, 0.717) is 6.42 Å². The first-order chi connectivity index (χ1) is 8.87. The Morgan fingerprint density at radius 1 is 1.32 bits per heavy atom. The number of nitrogens with zero attached hydrogens (tertiary/aromatic N) is 1. The number of fused-ring (bicyclic) bond motifs is 1. The Morgan fingerprint density at radius 3 is 2.74 bits per heavy atom. The van der Waals surface area contributed by atoms with Gasteiger partial charge in [0.15, 0.2) is 9.84 Å². The number of hydrogen-bond acceptors (Lipinski definition) is 3. The number of carbonyl (C=O) groups is 1. The van der Waals surface area contributed by atoms with Crippen LogP contribution in [-0.2, 0) is 14.6 Å². The number of carbonyl (C=O) groups excluding carboxylic acids is 1. The fourth-order valence-corrected chi connectivity index (χ4v) is 5.32. The molecule has 1 aromatic carbocycles. The molecule has 0 radical (unpaired) electrons. The van der Waals surface area contributed by atoms with Crippen molar-refractivity contribution in [2.24, 2.45) is 5.92 Å². The van der Waals surface area contributed by atoms with E-state index in [4.69, 9.17) is 0 Å². The molecule has 6 heteroatoms. The van der Waals surface area contributed by atoms with Crippen molar-refractivity contribution in [3.63, 3.8) is 0 Å². The minimum atomic E-state index is -2.99. The van der Waals surface area contributed by atoms with Crippen LogP contribution in [0.15, 0.2) is 22.7 Å². The van der Waals surface area contributed by atoms with Crippen molar-refractivity contribution in [3.05, 3.63) is 28.2 Å². The first kappa shape index (κ1) is 13.1. The van der Waals surface area contributed by atoms with Gasteiger partial charge in [0.1, 0.15) is 0 Å². The lowest BCUT2D eigenvalue weighted by molar-refractivity contribution is -0.117. The molecule has 2 aliphatic rings. The third-order valence-corrected chi connectivity index (χ3v) is 6.57. The number of hydrogen-bond donors (Lipinski definition) is 0. The largest absolute Gasteiger partial charge is 0.308 e. The molecule has 2 saturated heterocycles. The summed E-state index contributed by atoms with van der Waals surface area (Å²) in [6.07, 6.45) is 0.346. The minimum absolute atomic E-state index is 0.0339. The van der Waals surface area contributed by atoms with Crippen molar-refractivity contribution in [1.82, 2.24) is 0 Å². The van der Waals surface area contributed by atoms with E-state index < -0.39 is 9.84 Å². The second-order valence-corrected chi connectivity index (χ2v) is 8.31. The summed E-state index contributed by atoms with van der Waals surface area (Å²) < 4.78 is 24.4. The second-order valence-electron chi connectivity index (χ2n) is 5.31. The van der Waals surface area contributed by atoms with Gasteiger partial charge in [-0.3, -0.25) is 4.79 Å². The molecule has 0 spiro atoms.